The van der Waals surface area contributed by atoms with Gasteiger partial charge in [0.1, 0.15) is 12.3 Å². The zero-order valence-electron chi connectivity index (χ0n) is 19.2. The number of anilines is 1. The van der Waals surface area contributed by atoms with Gasteiger partial charge in [-0.25, -0.2) is 8.42 Å². The molecule has 0 spiro atoms. The van der Waals surface area contributed by atoms with Crippen molar-refractivity contribution >= 4 is 21.6 Å². The van der Waals surface area contributed by atoms with E-state index in [0.717, 1.165) is 16.9 Å². The van der Waals surface area contributed by atoms with Crippen molar-refractivity contribution in [2.45, 2.75) is 38.1 Å². The first-order valence-electron chi connectivity index (χ1n) is 11.0. The zero-order valence-corrected chi connectivity index (χ0v) is 20.0. The van der Waals surface area contributed by atoms with Crippen LogP contribution in [0.25, 0.3) is 0 Å². The lowest BCUT2D eigenvalue weighted by Crippen LogP contribution is -2.42. The third-order valence-electron chi connectivity index (χ3n) is 5.33. The van der Waals surface area contributed by atoms with Crippen LogP contribution in [0.2, 0.25) is 0 Å². The molecule has 0 heterocycles. The number of carbonyl (C=O) groups is 1. The molecular weight excluding hydrogens is 436 g/mol. The first-order valence-corrected chi connectivity index (χ1v) is 12.5. The van der Waals surface area contributed by atoms with Gasteiger partial charge in [0.05, 0.1) is 23.2 Å². The lowest BCUT2D eigenvalue weighted by Gasteiger charge is -2.27. The highest BCUT2D eigenvalue weighted by Crippen LogP contribution is 2.27. The molecule has 0 unspecified atom stereocenters. The van der Waals surface area contributed by atoms with Crippen molar-refractivity contribution in [3.8, 4) is 5.75 Å². The largest absolute Gasteiger partial charge is 0.494 e. The lowest BCUT2D eigenvalue weighted by molar-refractivity contribution is -0.120. The summed E-state index contributed by atoms with van der Waals surface area (Å²) >= 11 is 0. The fraction of sp³-hybridized carbons (Fsp3) is 0.269. The number of para-hydroxylation sites is 1. The molecule has 3 aromatic carbocycles. The van der Waals surface area contributed by atoms with Gasteiger partial charge in [0.2, 0.25) is 5.91 Å². The van der Waals surface area contributed by atoms with Crippen LogP contribution in [0.15, 0.2) is 83.8 Å². The first-order chi connectivity index (χ1) is 15.9. The molecule has 0 aliphatic carbocycles. The van der Waals surface area contributed by atoms with E-state index in [-0.39, 0.29) is 23.4 Å². The van der Waals surface area contributed by atoms with Gasteiger partial charge in [-0.3, -0.25) is 9.10 Å². The van der Waals surface area contributed by atoms with Gasteiger partial charge in [-0.15, -0.1) is 0 Å². The quantitative estimate of drug-likeness (QED) is 0.469. The van der Waals surface area contributed by atoms with E-state index >= 15 is 0 Å². The highest BCUT2D eigenvalue weighted by Gasteiger charge is 2.28. The van der Waals surface area contributed by atoms with Crippen LogP contribution in [0.4, 0.5) is 5.69 Å². The van der Waals surface area contributed by atoms with E-state index in [1.54, 1.807) is 30.3 Å². The molecule has 7 heteroatoms. The van der Waals surface area contributed by atoms with Crippen LogP contribution in [0.1, 0.15) is 37.9 Å². The molecule has 0 saturated heterocycles. The summed E-state index contributed by atoms with van der Waals surface area (Å²) < 4.78 is 33.7. The summed E-state index contributed by atoms with van der Waals surface area (Å²) in [5.41, 5.74) is 2.26. The molecule has 1 N–H and O–H groups in total. The van der Waals surface area contributed by atoms with Crippen LogP contribution in [0.3, 0.4) is 0 Å². The molecule has 0 radical (unpaired) electrons. The Morgan fingerprint density at radius 1 is 0.939 bits per heavy atom. The Labute approximate surface area is 196 Å². The molecule has 1 atom stereocenters. The van der Waals surface area contributed by atoms with Crippen LogP contribution < -0.4 is 14.4 Å². The number of hydrogen-bond acceptors (Lipinski definition) is 4. The van der Waals surface area contributed by atoms with E-state index in [1.807, 2.05) is 57.2 Å². The Balaban J connectivity index is 1.86. The van der Waals surface area contributed by atoms with E-state index < -0.39 is 10.0 Å². The van der Waals surface area contributed by atoms with Gasteiger partial charge in [-0.2, -0.15) is 0 Å². The third kappa shape index (κ3) is 5.93. The summed E-state index contributed by atoms with van der Waals surface area (Å²) in [6.07, 6.45) is 0.640. The maximum Gasteiger partial charge on any atom is 0.264 e. The molecule has 3 rings (SSSR count). The van der Waals surface area contributed by atoms with E-state index in [1.165, 1.54) is 16.4 Å². The highest BCUT2D eigenvalue weighted by atomic mass is 32.2. The van der Waals surface area contributed by atoms with E-state index in [9.17, 15) is 13.2 Å². The van der Waals surface area contributed by atoms with Crippen LogP contribution in [-0.4, -0.2) is 27.5 Å². The van der Waals surface area contributed by atoms with Gasteiger partial charge in [0.25, 0.3) is 10.0 Å². The fourth-order valence-corrected chi connectivity index (χ4v) is 5.07. The first kappa shape index (κ1) is 24.3. The maximum atomic E-state index is 13.5. The Morgan fingerprint density at radius 3 is 2.21 bits per heavy atom. The van der Waals surface area contributed by atoms with Gasteiger partial charge < -0.3 is 10.1 Å². The van der Waals surface area contributed by atoms with E-state index in [4.69, 9.17) is 4.74 Å². The molecule has 1 amide bonds. The molecule has 0 bridgehead atoms. The fourth-order valence-electron chi connectivity index (χ4n) is 3.59. The summed E-state index contributed by atoms with van der Waals surface area (Å²) in [4.78, 5) is 13.2. The van der Waals surface area contributed by atoms with Gasteiger partial charge in [0.15, 0.2) is 0 Å². The van der Waals surface area contributed by atoms with Crippen molar-refractivity contribution in [1.82, 2.24) is 5.32 Å². The molecule has 0 fully saturated rings. The smallest absolute Gasteiger partial charge is 0.264 e. The van der Waals surface area contributed by atoms with Crippen molar-refractivity contribution in [1.29, 1.82) is 0 Å². The summed E-state index contributed by atoms with van der Waals surface area (Å²) in [5.74, 6) is 0.373. The molecule has 33 heavy (non-hydrogen) atoms. The summed E-state index contributed by atoms with van der Waals surface area (Å²) in [6.45, 7) is 6.00. The second kappa shape index (κ2) is 11.0. The number of sulfonamides is 1. The van der Waals surface area contributed by atoms with Gasteiger partial charge >= 0.3 is 0 Å². The molecule has 0 saturated carbocycles. The molecular formula is C26H30N2O4S. The van der Waals surface area contributed by atoms with Crippen molar-refractivity contribution < 1.29 is 17.9 Å². The number of rotatable bonds is 10. The number of hydrogen-bond donors (Lipinski definition) is 1. The minimum absolute atomic E-state index is 0.142. The van der Waals surface area contributed by atoms with Crippen molar-refractivity contribution in [2.75, 3.05) is 17.5 Å². The topological polar surface area (TPSA) is 75.7 Å². The van der Waals surface area contributed by atoms with E-state index in [2.05, 4.69) is 5.32 Å². The van der Waals surface area contributed by atoms with Crippen LogP contribution in [0.5, 0.6) is 5.75 Å². The van der Waals surface area contributed by atoms with Crippen LogP contribution in [-0.2, 0) is 21.2 Å². The Bertz CT molecular complexity index is 1160. The summed E-state index contributed by atoms with van der Waals surface area (Å²) in [7, 11) is -3.94. The number of benzene rings is 3. The molecule has 6 nitrogen and oxygen atoms in total. The van der Waals surface area contributed by atoms with Gasteiger partial charge in [-0.1, -0.05) is 55.5 Å². The maximum absolute atomic E-state index is 13.5. The second-order valence-corrected chi connectivity index (χ2v) is 9.46. The monoisotopic (exact) mass is 466 g/mol. The number of ether oxygens (including phenoxy) is 1. The number of amides is 1. The number of carbonyl (C=O) groups excluding carboxylic acids is 1. The minimum Gasteiger partial charge on any atom is -0.494 e. The number of aryl methyl sites for hydroxylation is 1. The summed E-state index contributed by atoms with van der Waals surface area (Å²) in [5, 5.41) is 2.92. The van der Waals surface area contributed by atoms with E-state index in [0.29, 0.717) is 18.7 Å². The Hall–Kier alpha value is -3.32. The van der Waals surface area contributed by atoms with Crippen LogP contribution in [0, 0.1) is 0 Å². The standard InChI is InChI=1S/C26H30N2O4S/c1-4-21-11-9-10-14-25(21)28(33(30,31)24-12-7-6-8-13-24)19-26(29)27-20(3)22-15-17-23(18-16-22)32-5-2/h6-18,20H,4-5,19H2,1-3H3,(H,27,29)/t20-/m1/s1. The predicted molar refractivity (Wildman–Crippen MR) is 131 cm³/mol. The summed E-state index contributed by atoms with van der Waals surface area (Å²) in [6, 6.07) is 22.6. The predicted octanol–water partition coefficient (Wildman–Crippen LogP) is 4.72. The average molecular weight is 467 g/mol. The lowest BCUT2D eigenvalue weighted by atomic mass is 10.1. The SMILES string of the molecule is CCOc1ccc([C@@H](C)NC(=O)CN(c2ccccc2CC)S(=O)(=O)c2ccccc2)cc1. The zero-order chi connectivity index (χ0) is 23.8. The molecule has 3 aromatic rings. The average Bonchev–Trinajstić information content (AvgIpc) is 2.83. The Kier molecular flexibility index (Phi) is 8.11. The van der Waals surface area contributed by atoms with Crippen molar-refractivity contribution in [3.63, 3.8) is 0 Å². The van der Waals surface area contributed by atoms with Crippen LogP contribution >= 0.6 is 0 Å². The van der Waals surface area contributed by atoms with Crippen molar-refractivity contribution in [3.05, 3.63) is 90.0 Å². The second-order valence-electron chi connectivity index (χ2n) is 7.60. The van der Waals surface area contributed by atoms with Gasteiger partial charge in [0, 0.05) is 0 Å². The Morgan fingerprint density at radius 2 is 1.58 bits per heavy atom. The minimum atomic E-state index is -3.94. The third-order valence-corrected chi connectivity index (χ3v) is 7.10. The molecule has 0 aliphatic heterocycles. The number of nitrogens with zero attached hydrogens (tertiary/aromatic N) is 1. The van der Waals surface area contributed by atoms with Gasteiger partial charge in [-0.05, 0) is 61.7 Å². The molecule has 174 valence electrons. The number of nitrogens with one attached hydrogen (secondary N) is 1. The molecule has 0 aromatic heterocycles. The van der Waals surface area contributed by atoms with Crippen molar-refractivity contribution in [2.24, 2.45) is 0 Å². The normalized spacial score (nSPS) is 12.1. The molecule has 0 aliphatic rings. The highest BCUT2D eigenvalue weighted by molar-refractivity contribution is 7.92.